The van der Waals surface area contributed by atoms with Crippen molar-refractivity contribution in [3.05, 3.63) is 94.2 Å². The van der Waals surface area contributed by atoms with Gasteiger partial charge in [-0.15, -0.1) is 0 Å². The largest absolute Gasteiger partial charge is 0.496 e. The zero-order valence-electron chi connectivity index (χ0n) is 22.1. The normalized spacial score (nSPS) is 14.4. The highest BCUT2D eigenvalue weighted by Crippen LogP contribution is 2.32. The van der Waals surface area contributed by atoms with Gasteiger partial charge in [-0.05, 0) is 42.3 Å². The third kappa shape index (κ3) is 4.83. The van der Waals surface area contributed by atoms with Crippen molar-refractivity contribution in [1.82, 2.24) is 30.0 Å². The molecule has 9 nitrogen and oxygen atoms in total. The molecule has 9 heteroatoms. The van der Waals surface area contributed by atoms with E-state index in [2.05, 4.69) is 61.2 Å². The Morgan fingerprint density at radius 2 is 1.87 bits per heavy atom. The summed E-state index contributed by atoms with van der Waals surface area (Å²) in [6, 6.07) is 18.0. The summed E-state index contributed by atoms with van der Waals surface area (Å²) in [6.45, 7) is 5.61. The molecule has 2 N–H and O–H groups in total. The first kappa shape index (κ1) is 24.7. The minimum absolute atomic E-state index is 0.170. The van der Waals surface area contributed by atoms with E-state index in [4.69, 9.17) is 9.72 Å². The summed E-state index contributed by atoms with van der Waals surface area (Å²) in [5, 5.41) is 8.57. The lowest BCUT2D eigenvalue weighted by molar-refractivity contribution is 0.361. The number of allylic oxidation sites excluding steroid dienone is 1. The van der Waals surface area contributed by atoms with Gasteiger partial charge in [0.2, 0.25) is 0 Å². The van der Waals surface area contributed by atoms with Gasteiger partial charge in [0.15, 0.2) is 5.65 Å². The smallest absolute Gasteiger partial charge is 0.272 e. The molecule has 1 fully saturated rings. The standard InChI is InChI=1S/C30H31N7O2/c1-3-6-26(36-13-15-37(16-14-36)28-12-10-24-29(33-28)32-19-31-24)23-17-20(9-11-27(23)39-2)18-25-21-7-4-5-8-22(21)30(38)35-34-25/h4-12,17,19H,3,13-16,18H2,1-2H3,(H,35,38)(H,31,32,33)/b26-6+. The number of H-pyrrole nitrogens is 2. The lowest BCUT2D eigenvalue weighted by Gasteiger charge is -2.38. The van der Waals surface area contributed by atoms with Gasteiger partial charge in [-0.25, -0.2) is 15.1 Å². The maximum atomic E-state index is 12.3. The number of imidazole rings is 1. The van der Waals surface area contributed by atoms with E-state index in [0.29, 0.717) is 11.8 Å². The monoisotopic (exact) mass is 521 g/mol. The number of rotatable bonds is 7. The highest BCUT2D eigenvalue weighted by Gasteiger charge is 2.23. The molecular weight excluding hydrogens is 490 g/mol. The van der Waals surface area contributed by atoms with Crippen LogP contribution >= 0.6 is 0 Å². The fourth-order valence-electron chi connectivity index (χ4n) is 5.33. The molecule has 0 bridgehead atoms. The number of piperazine rings is 1. The minimum Gasteiger partial charge on any atom is -0.496 e. The SMILES string of the molecule is CC/C=C(\c1cc(Cc2n[nH]c(=O)c3ccccc23)ccc1OC)N1CCN(c2ccc3[nH]cnc3n2)CC1. The zero-order chi connectivity index (χ0) is 26.8. The van der Waals surface area contributed by atoms with Gasteiger partial charge < -0.3 is 19.5 Å². The molecular formula is C30H31N7O2. The quantitative estimate of drug-likeness (QED) is 0.328. The molecule has 2 aromatic carbocycles. The predicted molar refractivity (Wildman–Crippen MR) is 154 cm³/mol. The van der Waals surface area contributed by atoms with Crippen LogP contribution in [0.1, 0.15) is 30.2 Å². The molecule has 0 saturated carbocycles. The van der Waals surface area contributed by atoms with Crippen LogP contribution in [-0.4, -0.2) is 63.3 Å². The van der Waals surface area contributed by atoms with Crippen molar-refractivity contribution in [2.45, 2.75) is 19.8 Å². The van der Waals surface area contributed by atoms with Crippen molar-refractivity contribution >= 4 is 33.5 Å². The van der Waals surface area contributed by atoms with Gasteiger partial charge in [0.05, 0.1) is 30.0 Å². The Morgan fingerprint density at radius 1 is 1.05 bits per heavy atom. The molecule has 5 aromatic rings. The maximum Gasteiger partial charge on any atom is 0.272 e. The number of ether oxygens (including phenoxy) is 1. The topological polar surface area (TPSA) is 103 Å². The van der Waals surface area contributed by atoms with Crippen molar-refractivity contribution in [3.8, 4) is 5.75 Å². The average molecular weight is 522 g/mol. The van der Waals surface area contributed by atoms with Gasteiger partial charge in [0, 0.05) is 49.2 Å². The van der Waals surface area contributed by atoms with Gasteiger partial charge in [0.25, 0.3) is 5.56 Å². The van der Waals surface area contributed by atoms with Crippen molar-refractivity contribution < 1.29 is 4.74 Å². The first-order chi connectivity index (χ1) is 19.1. The summed E-state index contributed by atoms with van der Waals surface area (Å²) in [7, 11) is 1.72. The third-order valence-corrected chi connectivity index (χ3v) is 7.30. The summed E-state index contributed by atoms with van der Waals surface area (Å²) in [5.74, 6) is 1.79. The van der Waals surface area contributed by atoms with Crippen molar-refractivity contribution in [2.75, 3.05) is 38.2 Å². The Hall–Kier alpha value is -4.66. The Kier molecular flexibility index (Phi) is 6.71. The lowest BCUT2D eigenvalue weighted by Crippen LogP contribution is -2.45. The van der Waals surface area contributed by atoms with E-state index >= 15 is 0 Å². The molecule has 0 atom stereocenters. The molecule has 0 radical (unpaired) electrons. The fraction of sp³-hybridized carbons (Fsp3) is 0.267. The number of aromatic nitrogens is 5. The van der Waals surface area contributed by atoms with Crippen molar-refractivity contribution in [2.24, 2.45) is 0 Å². The summed E-state index contributed by atoms with van der Waals surface area (Å²) in [4.78, 5) is 29.2. The highest BCUT2D eigenvalue weighted by molar-refractivity contribution is 5.83. The summed E-state index contributed by atoms with van der Waals surface area (Å²) < 4.78 is 5.82. The Morgan fingerprint density at radius 3 is 2.67 bits per heavy atom. The molecule has 0 unspecified atom stereocenters. The molecule has 0 aliphatic carbocycles. The zero-order valence-corrected chi connectivity index (χ0v) is 22.1. The number of anilines is 1. The van der Waals surface area contributed by atoms with Gasteiger partial charge in [0.1, 0.15) is 11.6 Å². The lowest BCUT2D eigenvalue weighted by atomic mass is 9.99. The Balaban J connectivity index is 1.26. The second kappa shape index (κ2) is 10.6. The van der Waals surface area contributed by atoms with E-state index in [1.54, 1.807) is 13.4 Å². The third-order valence-electron chi connectivity index (χ3n) is 7.30. The van der Waals surface area contributed by atoms with Crippen LogP contribution in [0.5, 0.6) is 5.75 Å². The Bertz CT molecular complexity index is 1710. The first-order valence-corrected chi connectivity index (χ1v) is 13.3. The van der Waals surface area contributed by atoms with Gasteiger partial charge >= 0.3 is 0 Å². The van der Waals surface area contributed by atoms with Crippen molar-refractivity contribution in [1.29, 1.82) is 0 Å². The number of nitrogens with zero attached hydrogens (tertiary/aromatic N) is 5. The van der Waals surface area contributed by atoms with E-state index < -0.39 is 0 Å². The molecule has 6 rings (SSSR count). The molecule has 0 spiro atoms. The average Bonchev–Trinajstić information content (AvgIpc) is 3.46. The van der Waals surface area contributed by atoms with Crippen LogP contribution in [0, 0.1) is 0 Å². The van der Waals surface area contributed by atoms with Gasteiger partial charge in [-0.2, -0.15) is 5.10 Å². The summed E-state index contributed by atoms with van der Waals surface area (Å²) in [5.41, 5.74) is 5.71. The molecule has 1 aliphatic rings. The highest BCUT2D eigenvalue weighted by atomic mass is 16.5. The molecule has 4 heterocycles. The summed E-state index contributed by atoms with van der Waals surface area (Å²) >= 11 is 0. The van der Waals surface area contributed by atoms with Crippen LogP contribution in [0.25, 0.3) is 27.6 Å². The molecule has 198 valence electrons. The number of hydrogen-bond acceptors (Lipinski definition) is 7. The summed E-state index contributed by atoms with van der Waals surface area (Å²) in [6.07, 6.45) is 5.46. The molecule has 39 heavy (non-hydrogen) atoms. The number of fused-ring (bicyclic) bond motifs is 2. The first-order valence-electron chi connectivity index (χ1n) is 13.3. The van der Waals surface area contributed by atoms with E-state index in [-0.39, 0.29) is 5.56 Å². The number of benzene rings is 2. The number of pyridine rings is 1. The van der Waals surface area contributed by atoms with Crippen LogP contribution < -0.4 is 15.2 Å². The van der Waals surface area contributed by atoms with E-state index in [1.807, 2.05) is 36.4 Å². The van der Waals surface area contributed by atoms with Crippen molar-refractivity contribution in [3.63, 3.8) is 0 Å². The van der Waals surface area contributed by atoms with E-state index in [0.717, 1.165) is 77.5 Å². The second-order valence-electron chi connectivity index (χ2n) is 9.67. The second-order valence-corrected chi connectivity index (χ2v) is 9.67. The predicted octanol–water partition coefficient (Wildman–Crippen LogP) is 4.37. The van der Waals surface area contributed by atoms with Crippen LogP contribution in [0.2, 0.25) is 0 Å². The van der Waals surface area contributed by atoms with Crippen LogP contribution in [0.15, 0.2) is 71.8 Å². The number of nitrogens with one attached hydrogen (secondary N) is 2. The Labute approximate surface area is 226 Å². The van der Waals surface area contributed by atoms with E-state index in [1.165, 1.54) is 5.70 Å². The van der Waals surface area contributed by atoms with Crippen LogP contribution in [-0.2, 0) is 6.42 Å². The van der Waals surface area contributed by atoms with Gasteiger partial charge in [-0.3, -0.25) is 4.79 Å². The van der Waals surface area contributed by atoms with E-state index in [9.17, 15) is 4.79 Å². The van der Waals surface area contributed by atoms with Crippen LogP contribution in [0.3, 0.4) is 0 Å². The molecule has 1 aliphatic heterocycles. The van der Waals surface area contributed by atoms with Gasteiger partial charge in [-0.1, -0.05) is 37.3 Å². The number of aromatic amines is 2. The number of hydrogen-bond donors (Lipinski definition) is 2. The molecule has 1 saturated heterocycles. The minimum atomic E-state index is -0.170. The number of methoxy groups -OCH3 is 1. The van der Waals surface area contributed by atoms with Crippen LogP contribution in [0.4, 0.5) is 5.82 Å². The molecule has 3 aromatic heterocycles. The molecule has 0 amide bonds. The fourth-order valence-corrected chi connectivity index (χ4v) is 5.33. The maximum absolute atomic E-state index is 12.3.